The number of nitrogens with zero attached hydrogens (tertiary/aromatic N) is 1. The maximum atomic E-state index is 11.7. The van der Waals surface area contributed by atoms with Crippen LogP contribution in [0.25, 0.3) is 0 Å². The minimum absolute atomic E-state index is 0.106. The molecule has 4 nitrogen and oxygen atoms in total. The summed E-state index contributed by atoms with van der Waals surface area (Å²) in [5.41, 5.74) is 0.501. The summed E-state index contributed by atoms with van der Waals surface area (Å²) in [6.07, 6.45) is 2.48. The first-order valence-corrected chi connectivity index (χ1v) is 6.41. The second-order valence-electron chi connectivity index (χ2n) is 4.29. The fraction of sp³-hybridized carbons (Fsp3) is 0.636. The average Bonchev–Trinajstić information content (AvgIpc) is 2.84. The molecular weight excluding hydrogens is 224 g/mol. The molecule has 1 aromatic heterocycles. The minimum atomic E-state index is -0.177. The van der Waals surface area contributed by atoms with Crippen LogP contribution in [0.3, 0.4) is 0 Å². The summed E-state index contributed by atoms with van der Waals surface area (Å²) in [6.45, 7) is 2.53. The Hall–Kier alpha value is -0.940. The highest BCUT2D eigenvalue weighted by molar-refractivity contribution is 7.09. The molecule has 0 radical (unpaired) electrons. The Balaban J connectivity index is 1.80. The fourth-order valence-electron chi connectivity index (χ4n) is 2.03. The van der Waals surface area contributed by atoms with Crippen molar-refractivity contribution >= 4 is 17.2 Å². The Morgan fingerprint density at radius 1 is 1.69 bits per heavy atom. The van der Waals surface area contributed by atoms with Gasteiger partial charge in [0.15, 0.2) is 0 Å². The van der Waals surface area contributed by atoms with Crippen LogP contribution < -0.4 is 5.32 Å². The van der Waals surface area contributed by atoms with Gasteiger partial charge < -0.3 is 10.4 Å². The lowest BCUT2D eigenvalue weighted by Gasteiger charge is -2.09. The second-order valence-corrected chi connectivity index (χ2v) is 5.36. The van der Waals surface area contributed by atoms with Crippen LogP contribution in [0.2, 0.25) is 0 Å². The lowest BCUT2D eigenvalue weighted by molar-refractivity contribution is 0.0940. The van der Waals surface area contributed by atoms with Crippen molar-refractivity contribution in [3.63, 3.8) is 0 Å². The van der Waals surface area contributed by atoms with Gasteiger partial charge in [-0.05, 0) is 32.1 Å². The number of aliphatic hydroxyl groups is 1. The van der Waals surface area contributed by atoms with Crippen molar-refractivity contribution in [3.05, 3.63) is 16.1 Å². The Bertz CT molecular complexity index is 378. The standard InChI is InChI=1S/C11H16N2O2S/c1-7-13-10(6-16-7)11(15)12-5-8-2-3-9(14)4-8/h6,8-9,14H,2-5H2,1H3,(H,12,15). The first-order valence-electron chi connectivity index (χ1n) is 5.53. The molecular formula is C11H16N2O2S. The summed E-state index contributed by atoms with van der Waals surface area (Å²) in [4.78, 5) is 15.8. The van der Waals surface area contributed by atoms with Gasteiger partial charge in [-0.25, -0.2) is 4.98 Å². The molecule has 0 bridgehead atoms. The summed E-state index contributed by atoms with van der Waals surface area (Å²) >= 11 is 1.48. The molecule has 1 aromatic rings. The molecule has 2 unspecified atom stereocenters. The molecule has 5 heteroatoms. The van der Waals surface area contributed by atoms with Gasteiger partial charge >= 0.3 is 0 Å². The zero-order chi connectivity index (χ0) is 11.5. The third kappa shape index (κ3) is 2.80. The average molecular weight is 240 g/mol. The van der Waals surface area contributed by atoms with Crippen molar-refractivity contribution < 1.29 is 9.90 Å². The molecule has 0 saturated heterocycles. The molecule has 0 aromatic carbocycles. The highest BCUT2D eigenvalue weighted by Gasteiger charge is 2.23. The van der Waals surface area contributed by atoms with Crippen molar-refractivity contribution in [2.24, 2.45) is 5.92 Å². The summed E-state index contributed by atoms with van der Waals surface area (Å²) in [6, 6.07) is 0. The van der Waals surface area contributed by atoms with Crippen molar-refractivity contribution in [1.29, 1.82) is 0 Å². The number of hydrogen-bond donors (Lipinski definition) is 2. The molecule has 2 atom stereocenters. The molecule has 2 rings (SSSR count). The Labute approximate surface area is 98.7 Å². The Kier molecular flexibility index (Phi) is 3.56. The topological polar surface area (TPSA) is 62.2 Å². The van der Waals surface area contributed by atoms with E-state index in [-0.39, 0.29) is 12.0 Å². The molecule has 88 valence electrons. The molecule has 0 aliphatic heterocycles. The summed E-state index contributed by atoms with van der Waals surface area (Å²) < 4.78 is 0. The van der Waals surface area contributed by atoms with E-state index in [9.17, 15) is 9.90 Å². The molecule has 1 saturated carbocycles. The normalized spacial score (nSPS) is 24.6. The fourth-order valence-corrected chi connectivity index (χ4v) is 2.62. The molecule has 2 N–H and O–H groups in total. The molecule has 0 spiro atoms. The maximum absolute atomic E-state index is 11.7. The SMILES string of the molecule is Cc1nc(C(=O)NCC2CCC(O)C2)cs1. The number of amides is 1. The maximum Gasteiger partial charge on any atom is 0.270 e. The van der Waals surface area contributed by atoms with Gasteiger partial charge in [-0.1, -0.05) is 0 Å². The quantitative estimate of drug-likeness (QED) is 0.838. The summed E-state index contributed by atoms with van der Waals surface area (Å²) in [5.74, 6) is 0.310. The van der Waals surface area contributed by atoms with Gasteiger partial charge in [-0.3, -0.25) is 4.79 Å². The van der Waals surface area contributed by atoms with E-state index in [1.165, 1.54) is 11.3 Å². The van der Waals surface area contributed by atoms with Crippen molar-refractivity contribution in [1.82, 2.24) is 10.3 Å². The second kappa shape index (κ2) is 4.93. The lowest BCUT2D eigenvalue weighted by Crippen LogP contribution is -2.28. The van der Waals surface area contributed by atoms with Gasteiger partial charge in [-0.2, -0.15) is 0 Å². The van der Waals surface area contributed by atoms with Crippen LogP contribution >= 0.6 is 11.3 Å². The van der Waals surface area contributed by atoms with Gasteiger partial charge in [0.1, 0.15) is 5.69 Å². The van der Waals surface area contributed by atoms with Crippen LogP contribution in [-0.2, 0) is 0 Å². The molecule has 1 aliphatic rings. The molecule has 1 amide bonds. The van der Waals surface area contributed by atoms with E-state index in [0.29, 0.717) is 18.2 Å². The highest BCUT2D eigenvalue weighted by atomic mass is 32.1. The molecule has 1 aliphatic carbocycles. The number of hydrogen-bond acceptors (Lipinski definition) is 4. The van der Waals surface area contributed by atoms with E-state index in [2.05, 4.69) is 10.3 Å². The van der Waals surface area contributed by atoms with Crippen molar-refractivity contribution in [3.8, 4) is 0 Å². The Morgan fingerprint density at radius 2 is 2.50 bits per heavy atom. The number of carbonyl (C=O) groups excluding carboxylic acids is 1. The van der Waals surface area contributed by atoms with E-state index < -0.39 is 0 Å². The van der Waals surface area contributed by atoms with Crippen LogP contribution in [0.15, 0.2) is 5.38 Å². The number of aliphatic hydroxyl groups excluding tert-OH is 1. The van der Waals surface area contributed by atoms with Crippen LogP contribution in [-0.4, -0.2) is 28.6 Å². The van der Waals surface area contributed by atoms with E-state index in [1.807, 2.05) is 6.92 Å². The number of aromatic nitrogens is 1. The Morgan fingerprint density at radius 3 is 3.06 bits per heavy atom. The smallest absolute Gasteiger partial charge is 0.270 e. The lowest BCUT2D eigenvalue weighted by atomic mass is 10.1. The molecule has 1 heterocycles. The van der Waals surface area contributed by atoms with Crippen LogP contribution in [0.5, 0.6) is 0 Å². The largest absolute Gasteiger partial charge is 0.393 e. The highest BCUT2D eigenvalue weighted by Crippen LogP contribution is 2.24. The number of nitrogens with one attached hydrogen (secondary N) is 1. The van der Waals surface area contributed by atoms with Gasteiger partial charge in [-0.15, -0.1) is 11.3 Å². The first kappa shape index (κ1) is 11.5. The number of carbonyl (C=O) groups is 1. The van der Waals surface area contributed by atoms with Gasteiger partial charge in [0.25, 0.3) is 5.91 Å². The molecule has 1 fully saturated rings. The van der Waals surface area contributed by atoms with Crippen molar-refractivity contribution in [2.45, 2.75) is 32.3 Å². The zero-order valence-electron chi connectivity index (χ0n) is 9.27. The first-order chi connectivity index (χ1) is 7.65. The van der Waals surface area contributed by atoms with Crippen LogP contribution in [0, 0.1) is 12.8 Å². The zero-order valence-corrected chi connectivity index (χ0v) is 10.1. The van der Waals surface area contributed by atoms with E-state index in [4.69, 9.17) is 0 Å². The van der Waals surface area contributed by atoms with Gasteiger partial charge in [0, 0.05) is 11.9 Å². The van der Waals surface area contributed by atoms with Gasteiger partial charge in [0.2, 0.25) is 0 Å². The predicted molar refractivity (Wildman–Crippen MR) is 62.5 cm³/mol. The summed E-state index contributed by atoms with van der Waals surface area (Å²) in [7, 11) is 0. The number of aryl methyl sites for hydroxylation is 1. The van der Waals surface area contributed by atoms with Crippen LogP contribution in [0.1, 0.15) is 34.8 Å². The van der Waals surface area contributed by atoms with Crippen molar-refractivity contribution in [2.75, 3.05) is 6.54 Å². The minimum Gasteiger partial charge on any atom is -0.393 e. The monoisotopic (exact) mass is 240 g/mol. The third-order valence-corrected chi connectivity index (χ3v) is 3.69. The van der Waals surface area contributed by atoms with E-state index in [0.717, 1.165) is 24.3 Å². The molecule has 16 heavy (non-hydrogen) atoms. The predicted octanol–water partition coefficient (Wildman–Crippen LogP) is 1.34. The number of thiazole rings is 1. The number of rotatable bonds is 3. The van der Waals surface area contributed by atoms with E-state index in [1.54, 1.807) is 5.38 Å². The van der Waals surface area contributed by atoms with Crippen LogP contribution in [0.4, 0.5) is 0 Å². The van der Waals surface area contributed by atoms with Gasteiger partial charge in [0.05, 0.1) is 11.1 Å². The summed E-state index contributed by atoms with van der Waals surface area (Å²) in [5, 5.41) is 14.9. The van der Waals surface area contributed by atoms with E-state index >= 15 is 0 Å². The third-order valence-electron chi connectivity index (χ3n) is 2.92.